The first-order valence-corrected chi connectivity index (χ1v) is 7.90. The molecule has 0 atom stereocenters. The molecule has 1 saturated heterocycles. The van der Waals surface area contributed by atoms with Gasteiger partial charge in [0, 0.05) is 30.7 Å². The lowest BCUT2D eigenvalue weighted by Gasteiger charge is -2.28. The van der Waals surface area contributed by atoms with Crippen LogP contribution >= 0.6 is 11.8 Å². The predicted octanol–water partition coefficient (Wildman–Crippen LogP) is 2.16. The average Bonchev–Trinajstić information content (AvgIpc) is 2.97. The molecule has 1 aromatic carbocycles. The van der Waals surface area contributed by atoms with E-state index in [2.05, 4.69) is 26.9 Å². The van der Waals surface area contributed by atoms with Gasteiger partial charge in [0.2, 0.25) is 0 Å². The van der Waals surface area contributed by atoms with Crippen molar-refractivity contribution in [2.24, 2.45) is 4.99 Å². The molecule has 2 heterocycles. The molecule has 7 heteroatoms. The zero-order chi connectivity index (χ0) is 14.7. The first kappa shape index (κ1) is 14.1. The number of hydrogen-bond donors (Lipinski definition) is 0. The lowest BCUT2D eigenvalue weighted by Crippen LogP contribution is -2.33. The maximum atomic E-state index is 14.3. The van der Waals surface area contributed by atoms with Gasteiger partial charge in [-0.2, -0.15) is 11.8 Å². The van der Waals surface area contributed by atoms with E-state index in [0.29, 0.717) is 23.6 Å². The summed E-state index contributed by atoms with van der Waals surface area (Å²) in [5.74, 6) is 1.86. The fourth-order valence-corrected chi connectivity index (χ4v) is 3.21. The minimum absolute atomic E-state index is 0.224. The van der Waals surface area contributed by atoms with Gasteiger partial charge in [-0.1, -0.05) is 5.21 Å². The highest BCUT2D eigenvalue weighted by atomic mass is 32.2. The van der Waals surface area contributed by atoms with Crippen molar-refractivity contribution in [2.75, 3.05) is 29.5 Å². The minimum Gasteiger partial charge on any atom is -0.368 e. The molecular formula is C14H16FN5S. The third kappa shape index (κ3) is 3.07. The van der Waals surface area contributed by atoms with Gasteiger partial charge in [-0.3, -0.25) is 4.99 Å². The molecular weight excluding hydrogens is 289 g/mol. The Morgan fingerprint density at radius 2 is 2.14 bits per heavy atom. The standard InChI is InChI=1S/C14H16FN5S/c1-16-9-11-10-20(18-17-11)12-2-3-14(13(15)8-12)19-4-6-21-7-5-19/h2-3,8,10H,1,4-7,9H2. The van der Waals surface area contributed by atoms with E-state index < -0.39 is 0 Å². The van der Waals surface area contributed by atoms with Gasteiger partial charge in [0.1, 0.15) is 11.5 Å². The molecule has 0 amide bonds. The van der Waals surface area contributed by atoms with Gasteiger partial charge in [0.25, 0.3) is 0 Å². The lowest BCUT2D eigenvalue weighted by molar-refractivity contribution is 0.617. The molecule has 5 nitrogen and oxygen atoms in total. The molecule has 21 heavy (non-hydrogen) atoms. The number of benzene rings is 1. The van der Waals surface area contributed by atoms with Crippen LogP contribution in [0.1, 0.15) is 5.69 Å². The quantitative estimate of drug-likeness (QED) is 0.812. The number of nitrogens with zero attached hydrogens (tertiary/aromatic N) is 5. The van der Waals surface area contributed by atoms with Crippen molar-refractivity contribution in [3.63, 3.8) is 0 Å². The van der Waals surface area contributed by atoms with Crippen LogP contribution in [0.3, 0.4) is 0 Å². The third-order valence-electron chi connectivity index (χ3n) is 3.36. The zero-order valence-corrected chi connectivity index (χ0v) is 12.4. The highest BCUT2D eigenvalue weighted by molar-refractivity contribution is 7.99. The summed E-state index contributed by atoms with van der Waals surface area (Å²) in [7, 11) is 0. The van der Waals surface area contributed by atoms with Crippen LogP contribution in [0.4, 0.5) is 10.1 Å². The number of rotatable bonds is 4. The van der Waals surface area contributed by atoms with E-state index in [0.717, 1.165) is 24.6 Å². The first-order chi connectivity index (χ1) is 10.3. The second kappa shape index (κ2) is 6.26. The normalized spacial score (nSPS) is 15.2. The summed E-state index contributed by atoms with van der Waals surface area (Å²) in [6.07, 6.45) is 1.74. The molecule has 0 radical (unpaired) electrons. The second-order valence-corrected chi connectivity index (χ2v) is 6.00. The molecule has 1 fully saturated rings. The topological polar surface area (TPSA) is 46.3 Å². The van der Waals surface area contributed by atoms with Crippen molar-refractivity contribution in [1.82, 2.24) is 15.0 Å². The Balaban J connectivity index is 1.84. The van der Waals surface area contributed by atoms with E-state index in [1.54, 1.807) is 10.9 Å². The number of aliphatic imine (C=N–C) groups is 1. The van der Waals surface area contributed by atoms with Crippen molar-refractivity contribution < 1.29 is 4.39 Å². The average molecular weight is 305 g/mol. The number of hydrogen-bond acceptors (Lipinski definition) is 5. The Hall–Kier alpha value is -1.89. The monoisotopic (exact) mass is 305 g/mol. The van der Waals surface area contributed by atoms with E-state index in [1.165, 1.54) is 6.07 Å². The van der Waals surface area contributed by atoms with E-state index in [9.17, 15) is 4.39 Å². The fraction of sp³-hybridized carbons (Fsp3) is 0.357. The molecule has 3 rings (SSSR count). The molecule has 0 N–H and O–H groups in total. The Kier molecular flexibility index (Phi) is 4.19. The molecule has 110 valence electrons. The molecule has 0 saturated carbocycles. The summed E-state index contributed by atoms with van der Waals surface area (Å²) >= 11 is 1.91. The van der Waals surface area contributed by atoms with Crippen molar-refractivity contribution in [1.29, 1.82) is 0 Å². The van der Waals surface area contributed by atoms with Crippen LogP contribution < -0.4 is 4.90 Å². The van der Waals surface area contributed by atoms with Crippen molar-refractivity contribution in [3.05, 3.63) is 35.9 Å². The van der Waals surface area contributed by atoms with Gasteiger partial charge in [-0.15, -0.1) is 5.10 Å². The van der Waals surface area contributed by atoms with E-state index >= 15 is 0 Å². The van der Waals surface area contributed by atoms with Crippen LogP contribution in [0.2, 0.25) is 0 Å². The van der Waals surface area contributed by atoms with Crippen molar-refractivity contribution in [2.45, 2.75) is 6.54 Å². The number of thioether (sulfide) groups is 1. The smallest absolute Gasteiger partial charge is 0.148 e. The summed E-state index contributed by atoms with van der Waals surface area (Å²) in [6, 6.07) is 5.17. The van der Waals surface area contributed by atoms with Crippen molar-refractivity contribution >= 4 is 24.2 Å². The van der Waals surface area contributed by atoms with E-state index in [4.69, 9.17) is 0 Å². The summed E-state index contributed by atoms with van der Waals surface area (Å²) in [4.78, 5) is 5.84. The maximum Gasteiger partial charge on any atom is 0.148 e. The third-order valence-corrected chi connectivity index (χ3v) is 4.30. The Labute approximate surface area is 126 Å². The molecule has 0 bridgehead atoms. The van der Waals surface area contributed by atoms with Crippen molar-refractivity contribution in [3.8, 4) is 5.69 Å². The van der Waals surface area contributed by atoms with Gasteiger partial charge < -0.3 is 4.90 Å². The number of halogens is 1. The second-order valence-electron chi connectivity index (χ2n) is 4.77. The summed E-state index contributed by atoms with van der Waals surface area (Å²) in [5.41, 5.74) is 2.03. The van der Waals surface area contributed by atoms with Crippen LogP contribution in [0.25, 0.3) is 5.69 Å². The highest BCUT2D eigenvalue weighted by Gasteiger charge is 2.15. The van der Waals surface area contributed by atoms with E-state index in [-0.39, 0.29) is 5.82 Å². The van der Waals surface area contributed by atoms with Gasteiger partial charge in [0.05, 0.1) is 24.1 Å². The molecule has 1 aliphatic rings. The van der Waals surface area contributed by atoms with Gasteiger partial charge in [0.15, 0.2) is 0 Å². The Morgan fingerprint density at radius 3 is 2.86 bits per heavy atom. The Bertz CT molecular complexity index is 636. The molecule has 0 aliphatic carbocycles. The minimum atomic E-state index is -0.224. The summed E-state index contributed by atoms with van der Waals surface area (Å²) in [6.45, 7) is 5.61. The molecule has 0 unspecified atom stereocenters. The first-order valence-electron chi connectivity index (χ1n) is 6.74. The fourth-order valence-electron chi connectivity index (χ4n) is 2.31. The van der Waals surface area contributed by atoms with Gasteiger partial charge in [-0.25, -0.2) is 9.07 Å². The molecule has 1 aliphatic heterocycles. The van der Waals surface area contributed by atoms with Gasteiger partial charge in [-0.05, 0) is 18.9 Å². The largest absolute Gasteiger partial charge is 0.368 e. The van der Waals surface area contributed by atoms with Crippen LogP contribution in [-0.2, 0) is 6.54 Å². The molecule has 1 aromatic heterocycles. The number of aromatic nitrogens is 3. The van der Waals surface area contributed by atoms with Crippen LogP contribution in [0.15, 0.2) is 29.4 Å². The van der Waals surface area contributed by atoms with Gasteiger partial charge >= 0.3 is 0 Å². The lowest BCUT2D eigenvalue weighted by atomic mass is 10.2. The summed E-state index contributed by atoms with van der Waals surface area (Å²) in [5, 5.41) is 7.95. The molecule has 0 spiro atoms. The van der Waals surface area contributed by atoms with Crippen LogP contribution in [0.5, 0.6) is 0 Å². The zero-order valence-electron chi connectivity index (χ0n) is 11.6. The van der Waals surface area contributed by atoms with Crippen LogP contribution in [-0.4, -0.2) is 46.3 Å². The van der Waals surface area contributed by atoms with E-state index in [1.807, 2.05) is 23.9 Å². The SMILES string of the molecule is C=NCc1cn(-c2ccc(N3CCSCC3)c(F)c2)nn1. The summed E-state index contributed by atoms with van der Waals surface area (Å²) < 4.78 is 15.9. The number of anilines is 1. The maximum absolute atomic E-state index is 14.3. The highest BCUT2D eigenvalue weighted by Crippen LogP contribution is 2.24. The Morgan fingerprint density at radius 1 is 1.33 bits per heavy atom. The molecule has 2 aromatic rings. The predicted molar refractivity (Wildman–Crippen MR) is 84.1 cm³/mol. The van der Waals surface area contributed by atoms with Crippen LogP contribution in [0, 0.1) is 5.82 Å².